The van der Waals surface area contributed by atoms with Gasteiger partial charge in [-0.05, 0) is 26.2 Å². The summed E-state index contributed by atoms with van der Waals surface area (Å²) < 4.78 is 0. The highest BCUT2D eigenvalue weighted by Gasteiger charge is 2.35. The van der Waals surface area contributed by atoms with E-state index in [0.717, 1.165) is 19.3 Å². The van der Waals surface area contributed by atoms with Crippen LogP contribution >= 0.6 is 0 Å². The van der Waals surface area contributed by atoms with Crippen molar-refractivity contribution in [3.05, 3.63) is 11.6 Å². The summed E-state index contributed by atoms with van der Waals surface area (Å²) >= 11 is 0. The predicted molar refractivity (Wildman–Crippen MR) is 142 cm³/mol. The second-order valence-corrected chi connectivity index (χ2v) is 10.4. The van der Waals surface area contributed by atoms with Crippen LogP contribution in [0.3, 0.4) is 0 Å². The molecule has 2 amide bonds. The Labute approximate surface area is 206 Å². The third kappa shape index (κ3) is 14.0. The summed E-state index contributed by atoms with van der Waals surface area (Å²) in [6.45, 7) is 6.68. The quantitative estimate of drug-likeness (QED) is 0.0914. The van der Waals surface area contributed by atoms with Gasteiger partial charge in [-0.15, -0.1) is 0 Å². The van der Waals surface area contributed by atoms with E-state index in [9.17, 15) is 9.59 Å². The lowest BCUT2D eigenvalue weighted by atomic mass is 9.97. The highest BCUT2D eigenvalue weighted by atomic mass is 16.2. The minimum absolute atomic E-state index is 0.00406. The highest BCUT2D eigenvalue weighted by molar-refractivity contribution is 6.02. The molecule has 0 aromatic rings. The van der Waals surface area contributed by atoms with Gasteiger partial charge in [-0.25, -0.2) is 0 Å². The maximum absolute atomic E-state index is 12.4. The van der Waals surface area contributed by atoms with Gasteiger partial charge in [0, 0.05) is 12.8 Å². The van der Waals surface area contributed by atoms with Gasteiger partial charge in [0.2, 0.25) is 11.8 Å². The van der Waals surface area contributed by atoms with Crippen LogP contribution in [0, 0.1) is 0 Å². The summed E-state index contributed by atoms with van der Waals surface area (Å²) in [4.78, 5) is 26.4. The van der Waals surface area contributed by atoms with Crippen LogP contribution in [0.2, 0.25) is 0 Å². The number of allylic oxidation sites excluding steroid dienone is 1. The number of hydrogen-bond donors (Lipinski definition) is 0. The van der Waals surface area contributed by atoms with Crippen molar-refractivity contribution in [3.8, 4) is 0 Å². The molecule has 0 bridgehead atoms. The fourth-order valence-electron chi connectivity index (χ4n) is 5.07. The first-order valence-electron chi connectivity index (χ1n) is 14.6. The molecule has 3 heteroatoms. The van der Waals surface area contributed by atoms with Gasteiger partial charge in [0.25, 0.3) is 0 Å². The summed E-state index contributed by atoms with van der Waals surface area (Å²) in [6, 6.07) is -0.00406. The predicted octanol–water partition coefficient (Wildman–Crippen LogP) is 9.29. The van der Waals surface area contributed by atoms with Crippen LogP contribution in [-0.2, 0) is 9.59 Å². The largest absolute Gasteiger partial charge is 0.275 e. The minimum Gasteiger partial charge on any atom is -0.275 e. The van der Waals surface area contributed by atoms with Crippen molar-refractivity contribution in [1.82, 2.24) is 4.90 Å². The summed E-state index contributed by atoms with van der Waals surface area (Å²) in [5, 5.41) is 0. The van der Waals surface area contributed by atoms with Gasteiger partial charge in [0.05, 0.1) is 6.04 Å². The molecule has 0 radical (unpaired) electrons. The van der Waals surface area contributed by atoms with E-state index in [1.165, 1.54) is 115 Å². The fraction of sp³-hybridized carbons (Fsp3) is 0.867. The van der Waals surface area contributed by atoms with Crippen LogP contribution in [0.5, 0.6) is 0 Å². The van der Waals surface area contributed by atoms with E-state index in [2.05, 4.69) is 26.8 Å². The number of nitrogens with zero attached hydrogens (tertiary/aromatic N) is 1. The molecule has 1 saturated heterocycles. The van der Waals surface area contributed by atoms with Crippen LogP contribution in [0.25, 0.3) is 0 Å². The first kappa shape index (κ1) is 29.9. The Morgan fingerprint density at radius 1 is 0.667 bits per heavy atom. The van der Waals surface area contributed by atoms with E-state index < -0.39 is 0 Å². The molecule has 1 heterocycles. The smallest absolute Gasteiger partial charge is 0.230 e. The van der Waals surface area contributed by atoms with Gasteiger partial charge >= 0.3 is 0 Å². The molecule has 192 valence electrons. The van der Waals surface area contributed by atoms with Crippen LogP contribution < -0.4 is 0 Å². The topological polar surface area (TPSA) is 37.4 Å². The third-order valence-corrected chi connectivity index (χ3v) is 7.28. The molecular weight excluding hydrogens is 406 g/mol. The molecule has 1 fully saturated rings. The lowest BCUT2D eigenvalue weighted by Gasteiger charge is -2.27. The molecule has 1 atom stereocenters. The Balaban J connectivity index is 2.33. The van der Waals surface area contributed by atoms with E-state index in [1.54, 1.807) is 4.90 Å². The van der Waals surface area contributed by atoms with Gasteiger partial charge in [-0.2, -0.15) is 0 Å². The number of rotatable bonds is 22. The summed E-state index contributed by atoms with van der Waals surface area (Å²) in [7, 11) is 0. The van der Waals surface area contributed by atoms with E-state index in [-0.39, 0.29) is 17.9 Å². The molecule has 0 saturated carbocycles. The zero-order chi connectivity index (χ0) is 24.2. The monoisotopic (exact) mass is 461 g/mol. The zero-order valence-electron chi connectivity index (χ0n) is 22.5. The lowest BCUT2D eigenvalue weighted by Crippen LogP contribution is -2.40. The Kier molecular flexibility index (Phi) is 18.4. The number of carbonyl (C=O) groups is 2. The first-order chi connectivity index (χ1) is 16.1. The van der Waals surface area contributed by atoms with Gasteiger partial charge in [0.15, 0.2) is 0 Å². The van der Waals surface area contributed by atoms with E-state index in [1.807, 2.05) is 0 Å². The van der Waals surface area contributed by atoms with Gasteiger partial charge in [-0.3, -0.25) is 14.5 Å². The van der Waals surface area contributed by atoms with Crippen molar-refractivity contribution < 1.29 is 9.59 Å². The van der Waals surface area contributed by atoms with Gasteiger partial charge < -0.3 is 0 Å². The van der Waals surface area contributed by atoms with Crippen LogP contribution in [0.15, 0.2) is 11.6 Å². The van der Waals surface area contributed by atoms with Crippen molar-refractivity contribution in [2.24, 2.45) is 0 Å². The second kappa shape index (κ2) is 20.3. The standard InChI is InChI=1S/C30H55NO2/c1-4-6-8-10-12-14-16-17-19-21-23-27(3)28(31-29(32)25-26-30(31)33)24-22-20-18-15-13-11-9-7-5-2/h23,28H,4-22,24-26H2,1-3H3/b27-23+. The molecule has 0 aromatic carbocycles. The van der Waals surface area contributed by atoms with Crippen LogP contribution in [0.4, 0.5) is 0 Å². The van der Waals surface area contributed by atoms with Crippen molar-refractivity contribution >= 4 is 11.8 Å². The number of imide groups is 1. The minimum atomic E-state index is -0.00406. The molecule has 0 aliphatic carbocycles. The summed E-state index contributed by atoms with van der Waals surface area (Å²) in [5.74, 6) is 0.0773. The van der Waals surface area contributed by atoms with Crippen molar-refractivity contribution in [2.45, 2.75) is 168 Å². The summed E-state index contributed by atoms with van der Waals surface area (Å²) in [5.41, 5.74) is 1.23. The number of unbranched alkanes of at least 4 members (excludes halogenated alkanes) is 17. The SMILES string of the molecule is CCCCCCCCCCC/C=C(\C)C(CCCCCCCCCCC)N1C(=O)CCC1=O. The maximum Gasteiger partial charge on any atom is 0.230 e. The molecular formula is C30H55NO2. The van der Waals surface area contributed by atoms with Crippen LogP contribution in [-0.4, -0.2) is 22.8 Å². The van der Waals surface area contributed by atoms with E-state index in [0.29, 0.717) is 12.8 Å². The van der Waals surface area contributed by atoms with Crippen molar-refractivity contribution in [3.63, 3.8) is 0 Å². The lowest BCUT2D eigenvalue weighted by molar-refractivity contribution is -0.140. The van der Waals surface area contributed by atoms with Gasteiger partial charge in [-0.1, -0.05) is 135 Å². The average Bonchev–Trinajstić information content (AvgIpc) is 3.14. The fourth-order valence-corrected chi connectivity index (χ4v) is 5.07. The molecule has 3 nitrogen and oxygen atoms in total. The molecule has 33 heavy (non-hydrogen) atoms. The molecule has 0 aromatic heterocycles. The molecule has 1 aliphatic heterocycles. The maximum atomic E-state index is 12.4. The number of hydrogen-bond acceptors (Lipinski definition) is 2. The molecule has 1 aliphatic rings. The van der Waals surface area contributed by atoms with E-state index in [4.69, 9.17) is 0 Å². The number of carbonyl (C=O) groups excluding carboxylic acids is 2. The molecule has 0 spiro atoms. The second-order valence-electron chi connectivity index (χ2n) is 10.4. The van der Waals surface area contributed by atoms with Crippen molar-refractivity contribution in [1.29, 1.82) is 0 Å². The van der Waals surface area contributed by atoms with Crippen molar-refractivity contribution in [2.75, 3.05) is 0 Å². The highest BCUT2D eigenvalue weighted by Crippen LogP contribution is 2.25. The normalized spacial score (nSPS) is 15.6. The summed E-state index contributed by atoms with van der Waals surface area (Å²) in [6.07, 6.45) is 28.9. The van der Waals surface area contributed by atoms with E-state index >= 15 is 0 Å². The zero-order valence-corrected chi connectivity index (χ0v) is 22.5. The van der Waals surface area contributed by atoms with Crippen LogP contribution in [0.1, 0.15) is 162 Å². The number of likely N-dealkylation sites (tertiary alicyclic amines) is 1. The Hall–Kier alpha value is -1.12. The Morgan fingerprint density at radius 2 is 1.06 bits per heavy atom. The first-order valence-corrected chi connectivity index (χ1v) is 14.6. The molecule has 1 rings (SSSR count). The third-order valence-electron chi connectivity index (χ3n) is 7.28. The molecule has 1 unspecified atom stereocenters. The number of amides is 2. The Morgan fingerprint density at radius 3 is 1.52 bits per heavy atom. The Bertz CT molecular complexity index is 523. The molecule has 0 N–H and O–H groups in total. The van der Waals surface area contributed by atoms with Gasteiger partial charge in [0.1, 0.15) is 0 Å². The average molecular weight is 462 g/mol.